The highest BCUT2D eigenvalue weighted by Crippen LogP contribution is 2.15. The van der Waals surface area contributed by atoms with E-state index in [1.54, 1.807) is 0 Å². The van der Waals surface area contributed by atoms with Crippen LogP contribution in [0.3, 0.4) is 0 Å². The van der Waals surface area contributed by atoms with Crippen molar-refractivity contribution < 1.29 is 4.74 Å². The SMILES string of the molecule is CC.CCCCCCCCCC.CCCCCCCCCCCCCCOCC(CC)CCCCCC. The largest absolute Gasteiger partial charge is 0.381 e. The highest BCUT2D eigenvalue weighted by Gasteiger charge is 2.06. The summed E-state index contributed by atoms with van der Waals surface area (Å²) in [5, 5.41) is 0. The van der Waals surface area contributed by atoms with E-state index in [1.807, 2.05) is 13.8 Å². The lowest BCUT2D eigenvalue weighted by Gasteiger charge is -2.15. The summed E-state index contributed by atoms with van der Waals surface area (Å²) >= 11 is 0. The van der Waals surface area contributed by atoms with Gasteiger partial charge in [0.05, 0.1) is 0 Å². The molecule has 0 amide bonds. The molecular formula is C36H78O. The van der Waals surface area contributed by atoms with Crippen LogP contribution in [0.2, 0.25) is 0 Å². The van der Waals surface area contributed by atoms with Gasteiger partial charge in [-0.1, -0.05) is 203 Å². The second kappa shape index (κ2) is 43.0. The van der Waals surface area contributed by atoms with E-state index in [-0.39, 0.29) is 0 Å². The maximum atomic E-state index is 5.94. The number of rotatable bonds is 28. The van der Waals surface area contributed by atoms with Crippen molar-refractivity contribution in [3.05, 3.63) is 0 Å². The fraction of sp³-hybridized carbons (Fsp3) is 1.00. The minimum Gasteiger partial charge on any atom is -0.381 e. The van der Waals surface area contributed by atoms with Crippen LogP contribution in [0.4, 0.5) is 0 Å². The third-order valence-corrected chi connectivity index (χ3v) is 7.50. The Morgan fingerprint density at radius 3 is 1.00 bits per heavy atom. The molecule has 0 radical (unpaired) electrons. The summed E-state index contributed by atoms with van der Waals surface area (Å²) < 4.78 is 5.94. The summed E-state index contributed by atoms with van der Waals surface area (Å²) in [5.74, 6) is 0.800. The molecule has 0 saturated carbocycles. The molecule has 1 atom stereocenters. The van der Waals surface area contributed by atoms with Crippen LogP contribution in [-0.2, 0) is 4.74 Å². The van der Waals surface area contributed by atoms with Gasteiger partial charge in [-0.3, -0.25) is 0 Å². The summed E-state index contributed by atoms with van der Waals surface area (Å²) in [6.07, 6.45) is 36.7. The fourth-order valence-electron chi connectivity index (χ4n) is 4.77. The monoisotopic (exact) mass is 527 g/mol. The van der Waals surface area contributed by atoms with E-state index < -0.39 is 0 Å². The van der Waals surface area contributed by atoms with Gasteiger partial charge in [-0.2, -0.15) is 0 Å². The smallest absolute Gasteiger partial charge is 0.0494 e. The minimum absolute atomic E-state index is 0.800. The molecule has 0 fully saturated rings. The lowest BCUT2D eigenvalue weighted by atomic mass is 9.99. The van der Waals surface area contributed by atoms with Gasteiger partial charge in [-0.05, 0) is 18.8 Å². The molecule has 0 spiro atoms. The predicted octanol–water partition coefficient (Wildman–Crippen LogP) is 13.9. The molecule has 0 aromatic rings. The molecule has 0 saturated heterocycles. The van der Waals surface area contributed by atoms with Crippen molar-refractivity contribution in [2.24, 2.45) is 5.92 Å². The van der Waals surface area contributed by atoms with Crippen LogP contribution < -0.4 is 0 Å². The first-order valence-corrected chi connectivity index (χ1v) is 17.8. The van der Waals surface area contributed by atoms with Gasteiger partial charge in [0.1, 0.15) is 0 Å². The quantitative estimate of drug-likeness (QED) is 0.0921. The molecule has 0 aromatic heterocycles. The zero-order valence-electron chi connectivity index (χ0n) is 27.8. The van der Waals surface area contributed by atoms with Crippen molar-refractivity contribution in [1.29, 1.82) is 0 Å². The summed E-state index contributed by atoms with van der Waals surface area (Å²) in [6.45, 7) is 17.4. The molecule has 1 heteroatoms. The summed E-state index contributed by atoms with van der Waals surface area (Å²) in [4.78, 5) is 0. The average molecular weight is 527 g/mol. The van der Waals surface area contributed by atoms with E-state index in [0.717, 1.165) is 19.1 Å². The molecule has 0 aromatic carbocycles. The van der Waals surface area contributed by atoms with E-state index in [1.165, 1.54) is 167 Å². The Kier molecular flexibility index (Phi) is 48.2. The van der Waals surface area contributed by atoms with Crippen molar-refractivity contribution in [2.45, 2.75) is 215 Å². The van der Waals surface area contributed by atoms with Crippen LogP contribution in [0, 0.1) is 5.92 Å². The van der Waals surface area contributed by atoms with Crippen molar-refractivity contribution in [2.75, 3.05) is 13.2 Å². The van der Waals surface area contributed by atoms with Crippen LogP contribution >= 0.6 is 0 Å². The van der Waals surface area contributed by atoms with Crippen molar-refractivity contribution in [3.63, 3.8) is 0 Å². The Hall–Kier alpha value is -0.0400. The minimum atomic E-state index is 0.800. The van der Waals surface area contributed by atoms with Gasteiger partial charge in [0.2, 0.25) is 0 Å². The number of unbranched alkanes of at least 4 members (excludes halogenated alkanes) is 21. The number of hydrogen-bond acceptors (Lipinski definition) is 1. The van der Waals surface area contributed by atoms with Crippen molar-refractivity contribution in [1.82, 2.24) is 0 Å². The summed E-state index contributed by atoms with van der Waals surface area (Å²) in [6, 6.07) is 0. The fourth-order valence-corrected chi connectivity index (χ4v) is 4.77. The highest BCUT2D eigenvalue weighted by molar-refractivity contribution is 4.57. The third-order valence-electron chi connectivity index (χ3n) is 7.50. The second-order valence-corrected chi connectivity index (χ2v) is 11.2. The maximum Gasteiger partial charge on any atom is 0.0494 e. The van der Waals surface area contributed by atoms with E-state index >= 15 is 0 Å². The first-order valence-electron chi connectivity index (χ1n) is 17.8. The van der Waals surface area contributed by atoms with Crippen molar-refractivity contribution >= 4 is 0 Å². The van der Waals surface area contributed by atoms with Crippen LogP contribution in [0.5, 0.6) is 0 Å². The average Bonchev–Trinajstić information content (AvgIpc) is 2.93. The van der Waals surface area contributed by atoms with E-state index in [4.69, 9.17) is 4.74 Å². The predicted molar refractivity (Wildman–Crippen MR) is 174 cm³/mol. The number of hydrogen-bond donors (Lipinski definition) is 0. The molecule has 1 unspecified atom stereocenters. The first-order chi connectivity index (χ1) is 18.3. The van der Waals surface area contributed by atoms with Gasteiger partial charge < -0.3 is 4.74 Å². The molecule has 0 rings (SSSR count). The Balaban J connectivity index is -0.000000803. The Bertz CT molecular complexity index is 319. The normalized spacial score (nSPS) is 11.4. The molecule has 0 bridgehead atoms. The van der Waals surface area contributed by atoms with Gasteiger partial charge in [-0.15, -0.1) is 0 Å². The molecule has 0 aliphatic heterocycles. The van der Waals surface area contributed by atoms with Gasteiger partial charge >= 0.3 is 0 Å². The van der Waals surface area contributed by atoms with Crippen LogP contribution in [0.15, 0.2) is 0 Å². The van der Waals surface area contributed by atoms with Crippen molar-refractivity contribution in [3.8, 4) is 0 Å². The Morgan fingerprint density at radius 1 is 0.378 bits per heavy atom. The summed E-state index contributed by atoms with van der Waals surface area (Å²) in [7, 11) is 0. The Labute approximate surface area is 239 Å². The lowest BCUT2D eigenvalue weighted by molar-refractivity contribution is 0.0906. The maximum absolute atomic E-state index is 5.94. The number of ether oxygens (including phenoxy) is 1. The molecule has 228 valence electrons. The van der Waals surface area contributed by atoms with Crippen LogP contribution in [0.25, 0.3) is 0 Å². The van der Waals surface area contributed by atoms with E-state index in [9.17, 15) is 0 Å². The molecule has 1 nitrogen and oxygen atoms in total. The van der Waals surface area contributed by atoms with Crippen LogP contribution in [0.1, 0.15) is 215 Å². The third kappa shape index (κ3) is 43.3. The molecule has 37 heavy (non-hydrogen) atoms. The van der Waals surface area contributed by atoms with Gasteiger partial charge in [0, 0.05) is 13.2 Å². The highest BCUT2D eigenvalue weighted by atomic mass is 16.5. The zero-order valence-corrected chi connectivity index (χ0v) is 27.8. The molecule has 0 heterocycles. The van der Waals surface area contributed by atoms with E-state index in [0.29, 0.717) is 0 Å². The summed E-state index contributed by atoms with van der Waals surface area (Å²) in [5.41, 5.74) is 0. The standard InChI is InChI=1S/C24H50O.C10H22.C2H6/c1-4-7-9-11-12-13-14-15-16-17-18-20-22-25-23-24(6-3)21-19-10-8-5-2;1-3-5-7-9-10-8-6-4-2;1-2/h24H,4-23H2,1-3H3;3-10H2,1-2H3;1-2H3. The lowest BCUT2D eigenvalue weighted by Crippen LogP contribution is -2.09. The van der Waals surface area contributed by atoms with Gasteiger partial charge in [0.25, 0.3) is 0 Å². The van der Waals surface area contributed by atoms with Crippen LogP contribution in [-0.4, -0.2) is 13.2 Å². The second-order valence-electron chi connectivity index (χ2n) is 11.2. The molecule has 0 aliphatic carbocycles. The first kappa shape index (κ1) is 41.4. The molecular weight excluding hydrogens is 448 g/mol. The van der Waals surface area contributed by atoms with E-state index in [2.05, 4.69) is 34.6 Å². The zero-order chi connectivity index (χ0) is 28.1. The van der Waals surface area contributed by atoms with Gasteiger partial charge in [-0.25, -0.2) is 0 Å². The van der Waals surface area contributed by atoms with Gasteiger partial charge in [0.15, 0.2) is 0 Å². The molecule has 0 aliphatic rings. The topological polar surface area (TPSA) is 9.23 Å². The molecule has 0 N–H and O–H groups in total. The Morgan fingerprint density at radius 2 is 0.676 bits per heavy atom.